The Hall–Kier alpha value is -2.78. The Morgan fingerprint density at radius 2 is 2.00 bits per heavy atom. The standard InChI is InChI=1S/C18H18F4N6/c1-2-13-15(19)17(24-10-23-13)27-7-3-4-11(8-27)16-26-25-14-6-5-12(9-28(14)16)18(20,21)22/h5-6,9-11H,2-4,7-8H2,1H3. The summed E-state index contributed by atoms with van der Waals surface area (Å²) in [6.45, 7) is 2.82. The monoisotopic (exact) mass is 394 g/mol. The number of aromatic nitrogens is 5. The summed E-state index contributed by atoms with van der Waals surface area (Å²) in [4.78, 5) is 9.84. The van der Waals surface area contributed by atoms with E-state index in [0.29, 0.717) is 36.7 Å². The zero-order valence-electron chi connectivity index (χ0n) is 15.1. The molecule has 1 atom stereocenters. The molecule has 3 aromatic heterocycles. The molecule has 0 aromatic carbocycles. The Bertz CT molecular complexity index is 999. The predicted octanol–water partition coefficient (Wildman–Crippen LogP) is 3.62. The summed E-state index contributed by atoms with van der Waals surface area (Å²) in [6, 6.07) is 2.29. The smallest absolute Gasteiger partial charge is 0.353 e. The molecule has 0 aliphatic carbocycles. The van der Waals surface area contributed by atoms with Crippen molar-refractivity contribution < 1.29 is 17.6 Å². The zero-order valence-corrected chi connectivity index (χ0v) is 15.1. The van der Waals surface area contributed by atoms with Crippen LogP contribution in [0.5, 0.6) is 0 Å². The summed E-state index contributed by atoms with van der Waals surface area (Å²) < 4.78 is 55.2. The molecule has 4 heterocycles. The normalized spacial score (nSPS) is 18.0. The van der Waals surface area contributed by atoms with Crippen molar-refractivity contribution in [3.63, 3.8) is 0 Å². The first kappa shape index (κ1) is 18.6. The van der Waals surface area contributed by atoms with Gasteiger partial charge in [-0.2, -0.15) is 13.2 Å². The van der Waals surface area contributed by atoms with Crippen LogP contribution in [0, 0.1) is 5.82 Å². The summed E-state index contributed by atoms with van der Waals surface area (Å²) in [5.41, 5.74) is -0.0698. The van der Waals surface area contributed by atoms with E-state index in [1.54, 1.807) is 4.90 Å². The van der Waals surface area contributed by atoms with Gasteiger partial charge in [-0.25, -0.2) is 14.4 Å². The molecule has 1 fully saturated rings. The van der Waals surface area contributed by atoms with Gasteiger partial charge in [-0.15, -0.1) is 10.2 Å². The number of halogens is 4. The van der Waals surface area contributed by atoms with E-state index < -0.39 is 17.6 Å². The number of nitrogens with zero attached hydrogens (tertiary/aromatic N) is 6. The highest BCUT2D eigenvalue weighted by molar-refractivity contribution is 5.44. The lowest BCUT2D eigenvalue weighted by Gasteiger charge is -2.33. The third-order valence-corrected chi connectivity index (χ3v) is 5.02. The van der Waals surface area contributed by atoms with Crippen LogP contribution in [-0.2, 0) is 12.6 Å². The van der Waals surface area contributed by atoms with Gasteiger partial charge in [-0.05, 0) is 31.4 Å². The highest BCUT2D eigenvalue weighted by atomic mass is 19.4. The Balaban J connectivity index is 1.67. The largest absolute Gasteiger partial charge is 0.417 e. The number of alkyl halides is 3. The lowest BCUT2D eigenvalue weighted by atomic mass is 9.97. The number of aryl methyl sites for hydroxylation is 1. The quantitative estimate of drug-likeness (QED) is 0.635. The third-order valence-electron chi connectivity index (χ3n) is 5.02. The first-order valence-corrected chi connectivity index (χ1v) is 9.04. The number of piperidine rings is 1. The van der Waals surface area contributed by atoms with Crippen molar-refractivity contribution in [2.75, 3.05) is 18.0 Å². The molecule has 28 heavy (non-hydrogen) atoms. The van der Waals surface area contributed by atoms with Crippen molar-refractivity contribution >= 4 is 11.5 Å². The first-order chi connectivity index (χ1) is 13.4. The molecule has 1 aliphatic heterocycles. The van der Waals surface area contributed by atoms with E-state index in [9.17, 15) is 17.6 Å². The van der Waals surface area contributed by atoms with Crippen LogP contribution in [0.25, 0.3) is 5.65 Å². The minimum atomic E-state index is -4.45. The minimum absolute atomic E-state index is 0.188. The van der Waals surface area contributed by atoms with Crippen LogP contribution in [0.3, 0.4) is 0 Å². The molecule has 3 aromatic rings. The maximum absolute atomic E-state index is 14.6. The van der Waals surface area contributed by atoms with Crippen molar-refractivity contribution in [1.29, 1.82) is 0 Å². The van der Waals surface area contributed by atoms with Gasteiger partial charge in [0, 0.05) is 25.2 Å². The SMILES string of the molecule is CCc1ncnc(N2CCCC(c3nnc4ccc(C(F)(F)F)cn34)C2)c1F. The molecule has 1 unspecified atom stereocenters. The van der Waals surface area contributed by atoms with E-state index in [1.165, 1.54) is 16.8 Å². The van der Waals surface area contributed by atoms with Crippen LogP contribution >= 0.6 is 0 Å². The van der Waals surface area contributed by atoms with Crippen molar-refractivity contribution in [2.45, 2.75) is 38.3 Å². The van der Waals surface area contributed by atoms with Gasteiger partial charge in [-0.1, -0.05) is 6.92 Å². The van der Waals surface area contributed by atoms with Crippen LogP contribution in [0.1, 0.15) is 42.8 Å². The Labute approximate surface area is 158 Å². The van der Waals surface area contributed by atoms with Crippen molar-refractivity contribution in [3.8, 4) is 0 Å². The second-order valence-electron chi connectivity index (χ2n) is 6.80. The Morgan fingerprint density at radius 3 is 2.75 bits per heavy atom. The summed E-state index contributed by atoms with van der Waals surface area (Å²) in [5.74, 6) is 0.0279. The van der Waals surface area contributed by atoms with E-state index in [4.69, 9.17) is 0 Å². The molecule has 0 spiro atoms. The average Bonchev–Trinajstić information content (AvgIpc) is 3.11. The number of rotatable bonds is 3. The number of hydrogen-bond acceptors (Lipinski definition) is 5. The molecule has 0 saturated carbocycles. The second-order valence-corrected chi connectivity index (χ2v) is 6.80. The molecule has 1 aliphatic rings. The lowest BCUT2D eigenvalue weighted by molar-refractivity contribution is -0.137. The second kappa shape index (κ2) is 6.99. The maximum atomic E-state index is 14.6. The molecule has 4 rings (SSSR count). The Morgan fingerprint density at radius 1 is 1.18 bits per heavy atom. The lowest BCUT2D eigenvalue weighted by Crippen LogP contribution is -2.36. The zero-order chi connectivity index (χ0) is 19.9. The van der Waals surface area contributed by atoms with Crippen molar-refractivity contribution in [3.05, 3.63) is 47.6 Å². The molecule has 0 radical (unpaired) electrons. The Kier molecular flexibility index (Phi) is 4.64. The fraction of sp³-hybridized carbons (Fsp3) is 0.444. The van der Waals surface area contributed by atoms with Gasteiger partial charge in [0.1, 0.15) is 12.2 Å². The van der Waals surface area contributed by atoms with Gasteiger partial charge < -0.3 is 4.90 Å². The summed E-state index contributed by atoms with van der Waals surface area (Å²) in [7, 11) is 0. The molecular weight excluding hydrogens is 376 g/mol. The summed E-state index contributed by atoms with van der Waals surface area (Å²) in [6.07, 6.45) is -0.181. The highest BCUT2D eigenvalue weighted by Gasteiger charge is 2.32. The van der Waals surface area contributed by atoms with E-state index in [-0.39, 0.29) is 11.7 Å². The average molecular weight is 394 g/mol. The summed E-state index contributed by atoms with van der Waals surface area (Å²) >= 11 is 0. The van der Waals surface area contributed by atoms with E-state index in [1.807, 2.05) is 6.92 Å². The van der Waals surface area contributed by atoms with E-state index in [2.05, 4.69) is 20.2 Å². The van der Waals surface area contributed by atoms with Gasteiger partial charge in [-0.3, -0.25) is 4.40 Å². The third kappa shape index (κ3) is 3.27. The van der Waals surface area contributed by atoms with E-state index in [0.717, 1.165) is 25.1 Å². The molecule has 10 heteroatoms. The van der Waals surface area contributed by atoms with Crippen molar-refractivity contribution in [2.24, 2.45) is 0 Å². The molecule has 148 valence electrons. The predicted molar refractivity (Wildman–Crippen MR) is 93.5 cm³/mol. The topological polar surface area (TPSA) is 59.2 Å². The van der Waals surface area contributed by atoms with Gasteiger partial charge >= 0.3 is 6.18 Å². The molecule has 0 amide bonds. The van der Waals surface area contributed by atoms with Gasteiger partial charge in [0.05, 0.1) is 11.3 Å². The van der Waals surface area contributed by atoms with Crippen LogP contribution in [0.2, 0.25) is 0 Å². The minimum Gasteiger partial charge on any atom is -0.353 e. The highest BCUT2D eigenvalue weighted by Crippen LogP contribution is 2.32. The molecule has 6 nitrogen and oxygen atoms in total. The molecule has 0 bridgehead atoms. The van der Waals surface area contributed by atoms with Crippen LogP contribution < -0.4 is 4.90 Å². The van der Waals surface area contributed by atoms with Gasteiger partial charge in [0.25, 0.3) is 0 Å². The number of hydrogen-bond donors (Lipinski definition) is 0. The fourth-order valence-corrected chi connectivity index (χ4v) is 3.60. The number of anilines is 1. The van der Waals surface area contributed by atoms with Crippen LogP contribution in [0.15, 0.2) is 24.7 Å². The van der Waals surface area contributed by atoms with Gasteiger partial charge in [0.2, 0.25) is 0 Å². The molecule has 1 saturated heterocycles. The van der Waals surface area contributed by atoms with Gasteiger partial charge in [0.15, 0.2) is 17.3 Å². The first-order valence-electron chi connectivity index (χ1n) is 9.04. The number of fused-ring (bicyclic) bond motifs is 1. The summed E-state index contributed by atoms with van der Waals surface area (Å²) in [5, 5.41) is 8.11. The van der Waals surface area contributed by atoms with Crippen molar-refractivity contribution in [1.82, 2.24) is 24.6 Å². The molecular formula is C18H18F4N6. The van der Waals surface area contributed by atoms with Crippen LogP contribution in [-0.4, -0.2) is 37.7 Å². The fourth-order valence-electron chi connectivity index (χ4n) is 3.60. The molecule has 0 N–H and O–H groups in total. The number of pyridine rings is 1. The van der Waals surface area contributed by atoms with Crippen LogP contribution in [0.4, 0.5) is 23.4 Å². The van der Waals surface area contributed by atoms with E-state index >= 15 is 0 Å². The maximum Gasteiger partial charge on any atom is 0.417 e.